The number of rotatable bonds is 10. The van der Waals surface area contributed by atoms with Gasteiger partial charge in [0.15, 0.2) is 0 Å². The molecule has 1 aliphatic rings. The minimum absolute atomic E-state index is 0.0613. The largest absolute Gasteiger partial charge is 0.480 e. The summed E-state index contributed by atoms with van der Waals surface area (Å²) in [5.74, 6) is -1.78. The van der Waals surface area contributed by atoms with Gasteiger partial charge in [-0.2, -0.15) is 12.6 Å². The van der Waals surface area contributed by atoms with Crippen molar-refractivity contribution in [1.29, 1.82) is 0 Å². The first-order chi connectivity index (χ1) is 16.3. The fourth-order valence-electron chi connectivity index (χ4n) is 4.28. The number of thiol groups is 1. The zero-order valence-corrected chi connectivity index (χ0v) is 20.6. The van der Waals surface area contributed by atoms with Crippen LogP contribution >= 0.6 is 12.6 Å². The average Bonchev–Trinajstić information content (AvgIpc) is 3.33. The van der Waals surface area contributed by atoms with Crippen LogP contribution in [0.5, 0.6) is 0 Å². The first-order valence-corrected chi connectivity index (χ1v) is 12.3. The number of hydrogen-bond donors (Lipinski definition) is 4. The lowest BCUT2D eigenvalue weighted by Gasteiger charge is -2.32. The van der Waals surface area contributed by atoms with E-state index in [2.05, 4.69) is 28.2 Å². The van der Waals surface area contributed by atoms with Gasteiger partial charge in [0.05, 0.1) is 5.25 Å². The molecular weight excluding hydrogens is 450 g/mol. The van der Waals surface area contributed by atoms with Crippen LogP contribution in [0.15, 0.2) is 48.8 Å². The van der Waals surface area contributed by atoms with E-state index in [0.717, 1.165) is 36.0 Å². The Labute approximate surface area is 206 Å². The summed E-state index contributed by atoms with van der Waals surface area (Å²) in [5.41, 5.74) is 1.64. The molecule has 3 rings (SSSR count). The summed E-state index contributed by atoms with van der Waals surface area (Å²) < 4.78 is 0. The van der Waals surface area contributed by atoms with Crippen molar-refractivity contribution in [3.05, 3.63) is 54.4 Å². The molecule has 1 saturated carbocycles. The van der Waals surface area contributed by atoms with Crippen LogP contribution in [-0.2, 0) is 20.8 Å². The molecule has 1 aliphatic carbocycles. The predicted octanol–water partition coefficient (Wildman–Crippen LogP) is 3.63. The Morgan fingerprint density at radius 1 is 1.12 bits per heavy atom. The normalized spacial score (nSPS) is 17.4. The van der Waals surface area contributed by atoms with Gasteiger partial charge in [0.1, 0.15) is 11.6 Å². The summed E-state index contributed by atoms with van der Waals surface area (Å²) in [6.45, 7) is 3.93. The monoisotopic (exact) mass is 483 g/mol. The minimum Gasteiger partial charge on any atom is -0.480 e. The number of carbonyl (C=O) groups is 3. The number of carboxylic acid groups (broad SMARTS) is 1. The third-order valence-electron chi connectivity index (χ3n) is 6.70. The molecule has 1 aromatic heterocycles. The molecule has 2 amide bonds. The lowest BCUT2D eigenvalue weighted by molar-refractivity contribution is -0.143. The highest BCUT2D eigenvalue weighted by Crippen LogP contribution is 2.31. The second-order valence-electron chi connectivity index (χ2n) is 9.12. The molecule has 8 heteroatoms. The Morgan fingerprint density at radius 3 is 2.35 bits per heavy atom. The van der Waals surface area contributed by atoms with E-state index in [1.807, 2.05) is 50.2 Å². The Bertz CT molecular complexity index is 991. The molecule has 0 radical (unpaired) electrons. The maximum atomic E-state index is 13.3. The summed E-state index contributed by atoms with van der Waals surface area (Å²) in [7, 11) is 0. The highest BCUT2D eigenvalue weighted by Gasteiger charge is 2.44. The zero-order valence-electron chi connectivity index (χ0n) is 19.7. The SMILES string of the molecule is CCC(C)C(S)C(=O)NC1(C(=O)NC(Cc2ccc(-c3cccnc3)cc2)C(=O)O)CCCC1. The van der Waals surface area contributed by atoms with Gasteiger partial charge >= 0.3 is 5.97 Å². The molecule has 1 aromatic carbocycles. The number of nitrogens with zero attached hydrogens (tertiary/aromatic N) is 1. The van der Waals surface area contributed by atoms with Crippen LogP contribution < -0.4 is 10.6 Å². The highest BCUT2D eigenvalue weighted by atomic mass is 32.1. The van der Waals surface area contributed by atoms with E-state index in [1.165, 1.54) is 0 Å². The average molecular weight is 484 g/mol. The molecule has 0 spiro atoms. The molecule has 2 aromatic rings. The first kappa shape index (κ1) is 25.7. The van der Waals surface area contributed by atoms with Crippen LogP contribution in [-0.4, -0.2) is 44.7 Å². The summed E-state index contributed by atoms with van der Waals surface area (Å²) in [5, 5.41) is 14.9. The van der Waals surface area contributed by atoms with Crippen LogP contribution in [0.2, 0.25) is 0 Å². The third-order valence-corrected chi connectivity index (χ3v) is 7.44. The van der Waals surface area contributed by atoms with E-state index in [4.69, 9.17) is 0 Å². The van der Waals surface area contributed by atoms with Gasteiger partial charge < -0.3 is 15.7 Å². The topological polar surface area (TPSA) is 108 Å². The Balaban J connectivity index is 1.70. The van der Waals surface area contributed by atoms with E-state index >= 15 is 0 Å². The van der Waals surface area contributed by atoms with E-state index in [9.17, 15) is 19.5 Å². The molecule has 3 unspecified atom stereocenters. The highest BCUT2D eigenvalue weighted by molar-refractivity contribution is 7.81. The molecule has 3 atom stereocenters. The second kappa shape index (κ2) is 11.5. The molecule has 0 aliphatic heterocycles. The smallest absolute Gasteiger partial charge is 0.326 e. The van der Waals surface area contributed by atoms with E-state index in [0.29, 0.717) is 12.8 Å². The van der Waals surface area contributed by atoms with E-state index in [1.54, 1.807) is 12.4 Å². The molecule has 182 valence electrons. The number of pyridine rings is 1. The van der Waals surface area contributed by atoms with Crippen LogP contribution in [0.3, 0.4) is 0 Å². The van der Waals surface area contributed by atoms with Crippen molar-refractivity contribution in [3.63, 3.8) is 0 Å². The number of carboxylic acids is 1. The van der Waals surface area contributed by atoms with Crippen LogP contribution in [0.4, 0.5) is 0 Å². The van der Waals surface area contributed by atoms with Gasteiger partial charge in [0.2, 0.25) is 11.8 Å². The molecule has 7 nitrogen and oxygen atoms in total. The Morgan fingerprint density at radius 2 is 1.79 bits per heavy atom. The molecule has 1 fully saturated rings. The third kappa shape index (κ3) is 6.17. The predicted molar refractivity (Wildman–Crippen MR) is 135 cm³/mol. The van der Waals surface area contributed by atoms with Gasteiger partial charge in [0, 0.05) is 18.8 Å². The van der Waals surface area contributed by atoms with Crippen molar-refractivity contribution in [2.24, 2.45) is 5.92 Å². The van der Waals surface area contributed by atoms with Gasteiger partial charge in [-0.05, 0) is 41.5 Å². The first-order valence-electron chi connectivity index (χ1n) is 11.8. The van der Waals surface area contributed by atoms with Crippen molar-refractivity contribution in [3.8, 4) is 11.1 Å². The molecule has 0 saturated heterocycles. The number of hydrogen-bond acceptors (Lipinski definition) is 5. The number of nitrogens with one attached hydrogen (secondary N) is 2. The molecular formula is C26H33N3O4S. The maximum Gasteiger partial charge on any atom is 0.326 e. The van der Waals surface area contributed by atoms with Gasteiger partial charge in [0.25, 0.3) is 0 Å². The Hall–Kier alpha value is -2.87. The van der Waals surface area contributed by atoms with E-state index in [-0.39, 0.29) is 18.2 Å². The zero-order chi connectivity index (χ0) is 24.7. The minimum atomic E-state index is -1.11. The van der Waals surface area contributed by atoms with Gasteiger partial charge in [-0.3, -0.25) is 14.6 Å². The fourth-order valence-corrected chi connectivity index (χ4v) is 4.55. The van der Waals surface area contributed by atoms with Crippen molar-refractivity contribution in [2.45, 2.75) is 69.2 Å². The quantitative estimate of drug-likeness (QED) is 0.386. The van der Waals surface area contributed by atoms with Crippen molar-refractivity contribution >= 4 is 30.4 Å². The maximum absolute atomic E-state index is 13.3. The standard InChI is InChI=1S/C26H33N3O4S/c1-3-17(2)22(34)23(30)29-26(12-4-5-13-26)25(33)28-21(24(31)32)15-18-8-10-19(11-9-18)20-7-6-14-27-16-20/h6-11,14,16-17,21-22,34H,3-5,12-13,15H2,1-2H3,(H,28,33)(H,29,30)(H,31,32). The van der Waals surface area contributed by atoms with Crippen molar-refractivity contribution < 1.29 is 19.5 Å². The Kier molecular flexibility index (Phi) is 8.72. The van der Waals surface area contributed by atoms with E-state index < -0.39 is 28.7 Å². The summed E-state index contributed by atoms with van der Waals surface area (Å²) >= 11 is 4.44. The second-order valence-corrected chi connectivity index (χ2v) is 9.67. The molecule has 34 heavy (non-hydrogen) atoms. The lowest BCUT2D eigenvalue weighted by atomic mass is 9.93. The van der Waals surface area contributed by atoms with Crippen molar-refractivity contribution in [1.82, 2.24) is 15.6 Å². The number of carbonyl (C=O) groups excluding carboxylic acids is 2. The van der Waals surface area contributed by atoms with Crippen LogP contribution in [0.1, 0.15) is 51.5 Å². The van der Waals surface area contributed by atoms with Gasteiger partial charge in [-0.25, -0.2) is 4.79 Å². The summed E-state index contributed by atoms with van der Waals surface area (Å²) in [6, 6.07) is 10.2. The molecule has 3 N–H and O–H groups in total. The van der Waals surface area contributed by atoms with Gasteiger partial charge in [-0.1, -0.05) is 63.4 Å². The molecule has 0 bridgehead atoms. The number of amides is 2. The molecule has 1 heterocycles. The summed E-state index contributed by atoms with van der Waals surface area (Å²) in [6.07, 6.45) is 6.96. The van der Waals surface area contributed by atoms with Crippen molar-refractivity contribution in [2.75, 3.05) is 0 Å². The van der Waals surface area contributed by atoms with Gasteiger partial charge in [-0.15, -0.1) is 0 Å². The number of aromatic nitrogens is 1. The number of benzene rings is 1. The fraction of sp³-hybridized carbons (Fsp3) is 0.462. The number of aliphatic carboxylic acids is 1. The lowest BCUT2D eigenvalue weighted by Crippen LogP contribution is -2.61. The van der Waals surface area contributed by atoms with Crippen LogP contribution in [0.25, 0.3) is 11.1 Å². The van der Waals surface area contributed by atoms with Crippen LogP contribution in [0, 0.1) is 5.92 Å². The summed E-state index contributed by atoms with van der Waals surface area (Å²) in [4.78, 5) is 42.2.